The Morgan fingerprint density at radius 2 is 1.84 bits per heavy atom. The van der Waals surface area contributed by atoms with Crippen molar-refractivity contribution in [3.8, 4) is 16.8 Å². The molecule has 0 radical (unpaired) electrons. The van der Waals surface area contributed by atoms with Crippen molar-refractivity contribution >= 4 is 51.1 Å². The number of benzene rings is 2. The molecule has 25 heavy (non-hydrogen) atoms. The summed E-state index contributed by atoms with van der Waals surface area (Å²) in [7, 11) is 0. The van der Waals surface area contributed by atoms with E-state index < -0.39 is 0 Å². The predicted molar refractivity (Wildman–Crippen MR) is 114 cm³/mol. The second kappa shape index (κ2) is 7.78. The summed E-state index contributed by atoms with van der Waals surface area (Å²) in [6.07, 6.45) is 3.40. The Bertz CT molecular complexity index is 876. The molecule has 2 nitrogen and oxygen atoms in total. The van der Waals surface area contributed by atoms with Crippen molar-refractivity contribution in [2.75, 3.05) is 11.5 Å². The monoisotopic (exact) mass is 450 g/mol. The number of rotatable bonds is 3. The lowest BCUT2D eigenvalue weighted by molar-refractivity contribution is 0.856. The molecule has 0 unspecified atom stereocenters. The van der Waals surface area contributed by atoms with E-state index in [0.29, 0.717) is 9.60 Å². The van der Waals surface area contributed by atoms with Gasteiger partial charge in [0, 0.05) is 16.2 Å². The van der Waals surface area contributed by atoms with Crippen LogP contribution in [0.5, 0.6) is 0 Å². The highest BCUT2D eigenvalue weighted by Crippen LogP contribution is 2.46. The first-order chi connectivity index (χ1) is 12.2. The first kappa shape index (κ1) is 17.5. The highest BCUT2D eigenvalue weighted by atomic mass is 79.9. The van der Waals surface area contributed by atoms with Gasteiger partial charge in [-0.2, -0.15) is 5.10 Å². The molecule has 0 saturated carbocycles. The van der Waals surface area contributed by atoms with Crippen LogP contribution in [0, 0.1) is 0 Å². The number of hydrogen-bond acceptors (Lipinski definition) is 3. The van der Waals surface area contributed by atoms with Crippen LogP contribution >= 0.6 is 51.1 Å². The lowest BCUT2D eigenvalue weighted by Crippen LogP contribution is -2.03. The summed E-state index contributed by atoms with van der Waals surface area (Å²) in [6.45, 7) is 0. The number of thioether (sulfide) groups is 2. The van der Waals surface area contributed by atoms with Crippen molar-refractivity contribution in [3.63, 3.8) is 0 Å². The molecular weight excluding hydrogens is 436 g/mol. The van der Waals surface area contributed by atoms with Gasteiger partial charge in [0.2, 0.25) is 0 Å². The van der Waals surface area contributed by atoms with E-state index in [1.165, 1.54) is 29.1 Å². The first-order valence-electron chi connectivity index (χ1n) is 8.06. The van der Waals surface area contributed by atoms with Gasteiger partial charge >= 0.3 is 0 Å². The molecule has 0 spiro atoms. The highest BCUT2D eigenvalue weighted by molar-refractivity contribution is 9.10. The van der Waals surface area contributed by atoms with Crippen molar-refractivity contribution in [2.45, 2.75) is 11.0 Å². The third-order valence-electron chi connectivity index (χ3n) is 4.05. The molecule has 0 amide bonds. The third-order valence-corrected chi connectivity index (χ3v) is 8.20. The van der Waals surface area contributed by atoms with Gasteiger partial charge in [-0.15, -0.1) is 23.5 Å². The molecule has 0 atom stereocenters. The summed E-state index contributed by atoms with van der Waals surface area (Å²) >= 11 is 13.7. The zero-order chi connectivity index (χ0) is 17.2. The molecular formula is C19H16BrClN2S2. The van der Waals surface area contributed by atoms with Gasteiger partial charge in [0.1, 0.15) is 0 Å². The Balaban J connectivity index is 1.81. The summed E-state index contributed by atoms with van der Waals surface area (Å²) in [5, 5.41) is 5.64. The second-order valence-corrected chi connectivity index (χ2v) is 9.75. The fourth-order valence-corrected chi connectivity index (χ4v) is 6.09. The zero-order valence-corrected chi connectivity index (χ0v) is 17.3. The minimum Gasteiger partial charge on any atom is -0.240 e. The molecule has 2 aromatic carbocycles. The minimum atomic E-state index is 0.385. The standard InChI is InChI=1S/C19H16BrClN2S2/c20-16-8-7-14(11-17(16)21)23-12-15(13-5-2-1-3-6-13)18(22-23)19-24-9-4-10-25-19/h1-3,5-8,11-12,19H,4,9-10H2. The number of halogens is 2. The van der Waals surface area contributed by atoms with E-state index in [4.69, 9.17) is 16.7 Å². The first-order valence-corrected chi connectivity index (χ1v) is 11.3. The Hall–Kier alpha value is -0.880. The topological polar surface area (TPSA) is 17.8 Å². The van der Waals surface area contributed by atoms with Crippen LogP contribution in [0.15, 0.2) is 59.2 Å². The third kappa shape index (κ3) is 3.80. The van der Waals surface area contributed by atoms with Gasteiger partial charge in [0.05, 0.1) is 21.0 Å². The molecule has 1 aromatic heterocycles. The molecule has 4 rings (SSSR count). The molecule has 2 heterocycles. The lowest BCUT2D eigenvalue weighted by atomic mass is 10.1. The Labute approximate surface area is 169 Å². The largest absolute Gasteiger partial charge is 0.240 e. The van der Waals surface area contributed by atoms with Crippen LogP contribution < -0.4 is 0 Å². The van der Waals surface area contributed by atoms with E-state index in [-0.39, 0.29) is 0 Å². The van der Waals surface area contributed by atoms with Gasteiger partial charge in [-0.25, -0.2) is 4.68 Å². The van der Waals surface area contributed by atoms with Crippen LogP contribution in [0.3, 0.4) is 0 Å². The van der Waals surface area contributed by atoms with Gasteiger partial charge in [-0.1, -0.05) is 41.9 Å². The minimum absolute atomic E-state index is 0.385. The van der Waals surface area contributed by atoms with Crippen LogP contribution in [0.25, 0.3) is 16.8 Å². The SMILES string of the molecule is Clc1cc(-n2cc(-c3ccccc3)c(C3SCCCS3)n2)ccc1Br. The molecule has 0 aliphatic carbocycles. The molecule has 1 aliphatic heterocycles. The molecule has 1 saturated heterocycles. The van der Waals surface area contributed by atoms with Crippen molar-refractivity contribution < 1.29 is 0 Å². The average molecular weight is 452 g/mol. The van der Waals surface area contributed by atoms with Gasteiger partial charge in [0.25, 0.3) is 0 Å². The molecule has 0 bridgehead atoms. The summed E-state index contributed by atoms with van der Waals surface area (Å²) < 4.78 is 3.23. The Morgan fingerprint density at radius 3 is 2.56 bits per heavy atom. The van der Waals surface area contributed by atoms with Crippen LogP contribution in [0.2, 0.25) is 5.02 Å². The summed E-state index contributed by atoms with van der Waals surface area (Å²) in [5.41, 5.74) is 4.53. The summed E-state index contributed by atoms with van der Waals surface area (Å²) in [5.74, 6) is 2.39. The molecule has 3 aromatic rings. The highest BCUT2D eigenvalue weighted by Gasteiger charge is 2.24. The van der Waals surface area contributed by atoms with Crippen molar-refractivity contribution in [1.82, 2.24) is 9.78 Å². The van der Waals surface area contributed by atoms with Crippen molar-refractivity contribution in [1.29, 1.82) is 0 Å². The fraction of sp³-hybridized carbons (Fsp3) is 0.211. The summed E-state index contributed by atoms with van der Waals surface area (Å²) in [6, 6.07) is 16.4. The van der Waals surface area contributed by atoms with E-state index in [9.17, 15) is 0 Å². The van der Waals surface area contributed by atoms with E-state index in [1.54, 1.807) is 0 Å². The van der Waals surface area contributed by atoms with Gasteiger partial charge in [-0.05, 0) is 57.6 Å². The Kier molecular flexibility index (Phi) is 5.46. The maximum Gasteiger partial charge on any atom is 0.0946 e. The quantitative estimate of drug-likeness (QED) is 0.435. The molecule has 1 aliphatic rings. The maximum atomic E-state index is 6.28. The average Bonchev–Trinajstić information content (AvgIpc) is 3.11. The number of nitrogens with zero attached hydrogens (tertiary/aromatic N) is 2. The maximum absolute atomic E-state index is 6.28. The van der Waals surface area contributed by atoms with Crippen LogP contribution in [-0.4, -0.2) is 21.3 Å². The molecule has 0 N–H and O–H groups in total. The van der Waals surface area contributed by atoms with E-state index >= 15 is 0 Å². The molecule has 6 heteroatoms. The molecule has 1 fully saturated rings. The van der Waals surface area contributed by atoms with Crippen molar-refractivity contribution in [3.05, 3.63) is 69.9 Å². The lowest BCUT2D eigenvalue weighted by Gasteiger charge is -2.20. The zero-order valence-electron chi connectivity index (χ0n) is 13.4. The van der Waals surface area contributed by atoms with E-state index in [2.05, 4.69) is 46.4 Å². The number of hydrogen-bond donors (Lipinski definition) is 0. The van der Waals surface area contributed by atoms with Crippen LogP contribution in [-0.2, 0) is 0 Å². The Morgan fingerprint density at radius 1 is 1.08 bits per heavy atom. The smallest absolute Gasteiger partial charge is 0.0946 e. The van der Waals surface area contributed by atoms with E-state index in [0.717, 1.165) is 15.9 Å². The van der Waals surface area contributed by atoms with Gasteiger partial charge in [-0.3, -0.25) is 0 Å². The molecule has 128 valence electrons. The second-order valence-electron chi connectivity index (χ2n) is 5.76. The van der Waals surface area contributed by atoms with Crippen LogP contribution in [0.1, 0.15) is 16.7 Å². The van der Waals surface area contributed by atoms with E-state index in [1.807, 2.05) is 52.5 Å². The van der Waals surface area contributed by atoms with Gasteiger partial charge in [0.15, 0.2) is 0 Å². The van der Waals surface area contributed by atoms with Gasteiger partial charge < -0.3 is 0 Å². The number of aromatic nitrogens is 2. The summed E-state index contributed by atoms with van der Waals surface area (Å²) in [4.78, 5) is 0. The fourth-order valence-electron chi connectivity index (χ4n) is 2.81. The van der Waals surface area contributed by atoms with Crippen LogP contribution in [0.4, 0.5) is 0 Å². The normalized spacial score (nSPS) is 15.4. The predicted octanol–water partition coefficient (Wildman–Crippen LogP) is 6.82. The van der Waals surface area contributed by atoms with Crippen molar-refractivity contribution in [2.24, 2.45) is 0 Å².